The Morgan fingerprint density at radius 1 is 1.08 bits per heavy atom. The molecule has 0 fully saturated rings. The minimum Gasteiger partial charge on any atom is -0.378 e. The fraction of sp³-hybridized carbons (Fsp3) is 0.118. The molecule has 1 N–H and O–H groups in total. The molecule has 0 amide bonds. The number of rotatable bonds is 4. The van der Waals surface area contributed by atoms with Gasteiger partial charge in [-0.25, -0.2) is 0 Å². The average molecular weight is 360 g/mol. The molecular formula is C17H11F3N4S. The van der Waals surface area contributed by atoms with E-state index in [9.17, 15) is 13.2 Å². The highest BCUT2D eigenvalue weighted by Crippen LogP contribution is 2.33. The van der Waals surface area contributed by atoms with Crippen LogP contribution in [-0.4, -0.2) is 10.2 Å². The Labute approximate surface area is 145 Å². The monoisotopic (exact) mass is 360 g/mol. The number of halogens is 3. The van der Waals surface area contributed by atoms with E-state index in [4.69, 9.17) is 5.26 Å². The van der Waals surface area contributed by atoms with E-state index in [-0.39, 0.29) is 12.2 Å². The van der Waals surface area contributed by atoms with Crippen LogP contribution in [0.15, 0.2) is 48.5 Å². The molecular weight excluding hydrogens is 349 g/mol. The summed E-state index contributed by atoms with van der Waals surface area (Å²) in [6.07, 6.45) is -4.58. The summed E-state index contributed by atoms with van der Waals surface area (Å²) in [6, 6.07) is 14.6. The van der Waals surface area contributed by atoms with Gasteiger partial charge in [0.25, 0.3) is 0 Å². The molecule has 0 saturated carbocycles. The number of nitrogens with one attached hydrogen (secondary N) is 1. The first-order valence-electron chi connectivity index (χ1n) is 7.20. The van der Waals surface area contributed by atoms with Gasteiger partial charge in [-0.3, -0.25) is 0 Å². The SMILES string of the molecule is N#Cc1ccc(NCc2nnc(-c3ccccc3)s2)cc1C(F)(F)F. The van der Waals surface area contributed by atoms with Gasteiger partial charge in [-0.1, -0.05) is 41.7 Å². The van der Waals surface area contributed by atoms with Crippen molar-refractivity contribution >= 4 is 17.0 Å². The van der Waals surface area contributed by atoms with Crippen LogP contribution in [0.4, 0.5) is 18.9 Å². The minimum atomic E-state index is -4.58. The molecule has 0 unspecified atom stereocenters. The fourth-order valence-corrected chi connectivity index (χ4v) is 2.97. The maximum absolute atomic E-state index is 13.0. The van der Waals surface area contributed by atoms with Crippen LogP contribution in [0.25, 0.3) is 10.6 Å². The second-order valence-electron chi connectivity index (χ2n) is 5.09. The molecule has 0 atom stereocenters. The van der Waals surface area contributed by atoms with E-state index in [0.29, 0.717) is 5.01 Å². The molecule has 0 aliphatic heterocycles. The first-order chi connectivity index (χ1) is 12.0. The van der Waals surface area contributed by atoms with Crippen LogP contribution >= 0.6 is 11.3 Å². The third-order valence-corrected chi connectivity index (χ3v) is 4.35. The number of alkyl halides is 3. The van der Waals surface area contributed by atoms with E-state index in [2.05, 4.69) is 15.5 Å². The lowest BCUT2D eigenvalue weighted by molar-refractivity contribution is -0.137. The van der Waals surface area contributed by atoms with E-state index < -0.39 is 17.3 Å². The molecule has 4 nitrogen and oxygen atoms in total. The van der Waals surface area contributed by atoms with Gasteiger partial charge in [0.2, 0.25) is 0 Å². The highest BCUT2D eigenvalue weighted by atomic mass is 32.1. The second kappa shape index (κ2) is 6.91. The summed E-state index contributed by atoms with van der Waals surface area (Å²) in [5, 5.41) is 21.2. The molecule has 0 saturated heterocycles. The van der Waals surface area contributed by atoms with Crippen LogP contribution in [0.3, 0.4) is 0 Å². The zero-order valence-electron chi connectivity index (χ0n) is 12.7. The number of anilines is 1. The predicted octanol–water partition coefficient (Wildman–Crippen LogP) is 4.71. The Morgan fingerprint density at radius 2 is 1.84 bits per heavy atom. The van der Waals surface area contributed by atoms with Crippen LogP contribution < -0.4 is 5.32 Å². The zero-order valence-corrected chi connectivity index (χ0v) is 13.5. The van der Waals surface area contributed by atoms with Crippen molar-refractivity contribution in [3.8, 4) is 16.6 Å². The number of hydrogen-bond acceptors (Lipinski definition) is 5. The fourth-order valence-electron chi connectivity index (χ4n) is 2.19. The highest BCUT2D eigenvalue weighted by molar-refractivity contribution is 7.14. The van der Waals surface area contributed by atoms with Gasteiger partial charge in [0.05, 0.1) is 23.7 Å². The lowest BCUT2D eigenvalue weighted by atomic mass is 10.1. The zero-order chi connectivity index (χ0) is 17.9. The molecule has 0 aliphatic rings. The van der Waals surface area contributed by atoms with Gasteiger partial charge in [-0.15, -0.1) is 10.2 Å². The van der Waals surface area contributed by atoms with Crippen molar-refractivity contribution in [3.05, 3.63) is 64.7 Å². The second-order valence-corrected chi connectivity index (χ2v) is 6.15. The summed E-state index contributed by atoms with van der Waals surface area (Å²) >= 11 is 1.36. The first-order valence-corrected chi connectivity index (χ1v) is 8.02. The van der Waals surface area contributed by atoms with Crippen molar-refractivity contribution in [1.82, 2.24) is 10.2 Å². The molecule has 0 spiro atoms. The van der Waals surface area contributed by atoms with Gasteiger partial charge in [-0.05, 0) is 18.2 Å². The number of nitriles is 1. The third kappa shape index (κ3) is 3.95. The van der Waals surface area contributed by atoms with Gasteiger partial charge in [0, 0.05) is 11.3 Å². The quantitative estimate of drug-likeness (QED) is 0.732. The molecule has 8 heteroatoms. The molecule has 1 heterocycles. The number of hydrogen-bond donors (Lipinski definition) is 1. The average Bonchev–Trinajstić information content (AvgIpc) is 3.09. The molecule has 0 radical (unpaired) electrons. The van der Waals surface area contributed by atoms with Crippen LogP contribution in [0.5, 0.6) is 0 Å². The Kier molecular flexibility index (Phi) is 4.67. The number of benzene rings is 2. The van der Waals surface area contributed by atoms with E-state index in [0.717, 1.165) is 22.7 Å². The van der Waals surface area contributed by atoms with Crippen molar-refractivity contribution in [1.29, 1.82) is 5.26 Å². The molecule has 3 aromatic rings. The van der Waals surface area contributed by atoms with Crippen molar-refractivity contribution in [2.45, 2.75) is 12.7 Å². The van der Waals surface area contributed by atoms with Gasteiger partial charge < -0.3 is 5.32 Å². The van der Waals surface area contributed by atoms with Crippen molar-refractivity contribution < 1.29 is 13.2 Å². The Morgan fingerprint density at radius 3 is 2.52 bits per heavy atom. The Hall–Kier alpha value is -2.92. The Bertz CT molecular complexity index is 914. The van der Waals surface area contributed by atoms with E-state index >= 15 is 0 Å². The van der Waals surface area contributed by atoms with Crippen molar-refractivity contribution in [2.75, 3.05) is 5.32 Å². The summed E-state index contributed by atoms with van der Waals surface area (Å²) in [5.74, 6) is 0. The van der Waals surface area contributed by atoms with E-state index in [1.165, 1.54) is 17.4 Å². The highest BCUT2D eigenvalue weighted by Gasteiger charge is 2.33. The number of aromatic nitrogens is 2. The summed E-state index contributed by atoms with van der Waals surface area (Å²) < 4.78 is 38.9. The minimum absolute atomic E-state index is 0.244. The molecule has 0 aliphatic carbocycles. The van der Waals surface area contributed by atoms with E-state index in [1.54, 1.807) is 6.07 Å². The van der Waals surface area contributed by atoms with Crippen molar-refractivity contribution in [2.24, 2.45) is 0 Å². The summed E-state index contributed by atoms with van der Waals surface area (Å²) in [4.78, 5) is 0. The van der Waals surface area contributed by atoms with Gasteiger partial charge >= 0.3 is 6.18 Å². The lowest BCUT2D eigenvalue weighted by Gasteiger charge is -2.11. The van der Waals surface area contributed by atoms with Gasteiger partial charge in [-0.2, -0.15) is 18.4 Å². The van der Waals surface area contributed by atoms with Crippen LogP contribution in [0.2, 0.25) is 0 Å². The topological polar surface area (TPSA) is 61.6 Å². The first kappa shape index (κ1) is 16.9. The third-order valence-electron chi connectivity index (χ3n) is 3.38. The standard InChI is InChI=1S/C17H11F3N4S/c18-17(19,20)14-8-13(7-6-12(14)9-21)22-10-15-23-24-16(25-15)11-4-2-1-3-5-11/h1-8,22H,10H2. The van der Waals surface area contributed by atoms with Crippen molar-refractivity contribution in [3.63, 3.8) is 0 Å². The maximum Gasteiger partial charge on any atom is 0.417 e. The predicted molar refractivity (Wildman–Crippen MR) is 88.8 cm³/mol. The van der Waals surface area contributed by atoms with Gasteiger partial charge in [0.1, 0.15) is 10.0 Å². The van der Waals surface area contributed by atoms with Crippen LogP contribution in [-0.2, 0) is 12.7 Å². The molecule has 0 bridgehead atoms. The Balaban J connectivity index is 1.74. The molecule has 1 aromatic heterocycles. The van der Waals surface area contributed by atoms with E-state index in [1.807, 2.05) is 30.3 Å². The lowest BCUT2D eigenvalue weighted by Crippen LogP contribution is -2.09. The largest absolute Gasteiger partial charge is 0.417 e. The molecule has 25 heavy (non-hydrogen) atoms. The van der Waals surface area contributed by atoms with Crippen LogP contribution in [0.1, 0.15) is 16.1 Å². The number of nitrogens with zero attached hydrogens (tertiary/aromatic N) is 3. The van der Waals surface area contributed by atoms with Crippen LogP contribution in [0, 0.1) is 11.3 Å². The maximum atomic E-state index is 13.0. The summed E-state index contributed by atoms with van der Waals surface area (Å²) in [5.41, 5.74) is -0.158. The molecule has 126 valence electrons. The summed E-state index contributed by atoms with van der Waals surface area (Å²) in [6.45, 7) is 0.244. The van der Waals surface area contributed by atoms with Gasteiger partial charge in [0.15, 0.2) is 0 Å². The summed E-state index contributed by atoms with van der Waals surface area (Å²) in [7, 11) is 0. The smallest absolute Gasteiger partial charge is 0.378 e. The molecule has 2 aromatic carbocycles. The normalized spacial score (nSPS) is 11.1. The molecule has 3 rings (SSSR count).